The lowest BCUT2D eigenvalue weighted by Gasteiger charge is -1.96. The summed E-state index contributed by atoms with van der Waals surface area (Å²) in [6.45, 7) is 5.46. The first-order valence-corrected chi connectivity index (χ1v) is 3.65. The third-order valence-corrected chi connectivity index (χ3v) is 1.70. The van der Waals surface area contributed by atoms with E-state index in [4.69, 9.17) is 0 Å². The molecular weight excluding hydrogens is 192 g/mol. The van der Waals surface area contributed by atoms with Crippen LogP contribution < -0.4 is 0 Å². The third kappa shape index (κ3) is 1.42. The minimum Gasteiger partial charge on any atom is -0.240 e. The van der Waals surface area contributed by atoms with Crippen molar-refractivity contribution >= 4 is 22.0 Å². The molecule has 0 unspecified atom stereocenters. The Labute approximate surface area is 68.1 Å². The summed E-state index contributed by atoms with van der Waals surface area (Å²) in [4.78, 5) is 8.10. The minimum atomic E-state index is 0.762. The van der Waals surface area contributed by atoms with E-state index in [1.165, 1.54) is 0 Å². The molecule has 1 aromatic heterocycles. The summed E-state index contributed by atoms with van der Waals surface area (Å²) in [6, 6.07) is 0. The highest BCUT2D eigenvalue weighted by Crippen LogP contribution is 2.13. The van der Waals surface area contributed by atoms with Crippen molar-refractivity contribution in [2.75, 3.05) is 0 Å². The maximum atomic E-state index is 4.12. The number of nitrogens with zero attached hydrogens (tertiary/aromatic N) is 2. The van der Waals surface area contributed by atoms with Crippen molar-refractivity contribution in [2.45, 2.75) is 6.92 Å². The summed E-state index contributed by atoms with van der Waals surface area (Å²) in [5.74, 6) is 0.762. The Balaban J connectivity index is 3.21. The van der Waals surface area contributed by atoms with Gasteiger partial charge in [0, 0.05) is 6.20 Å². The van der Waals surface area contributed by atoms with E-state index in [2.05, 4.69) is 32.5 Å². The third-order valence-electron chi connectivity index (χ3n) is 1.09. The van der Waals surface area contributed by atoms with Crippen LogP contribution in [-0.4, -0.2) is 9.97 Å². The fourth-order valence-corrected chi connectivity index (χ4v) is 0.969. The number of halogens is 1. The molecule has 0 saturated heterocycles. The normalized spacial score (nSPS) is 9.40. The maximum Gasteiger partial charge on any atom is 0.125 e. The Morgan fingerprint density at radius 1 is 1.70 bits per heavy atom. The molecule has 0 aliphatic heterocycles. The van der Waals surface area contributed by atoms with Crippen molar-refractivity contribution < 1.29 is 0 Å². The second kappa shape index (κ2) is 2.92. The van der Waals surface area contributed by atoms with Gasteiger partial charge in [0.1, 0.15) is 5.82 Å². The van der Waals surface area contributed by atoms with Crippen molar-refractivity contribution in [3.05, 3.63) is 28.8 Å². The zero-order valence-electron chi connectivity index (χ0n) is 5.63. The van der Waals surface area contributed by atoms with Gasteiger partial charge in [-0.2, -0.15) is 0 Å². The zero-order valence-corrected chi connectivity index (χ0v) is 7.22. The van der Waals surface area contributed by atoms with Crippen LogP contribution in [0.1, 0.15) is 11.5 Å². The van der Waals surface area contributed by atoms with Crippen LogP contribution in [0.3, 0.4) is 0 Å². The minimum absolute atomic E-state index is 0.762. The van der Waals surface area contributed by atoms with Crippen LogP contribution in [0.15, 0.2) is 17.2 Å². The van der Waals surface area contributed by atoms with Gasteiger partial charge in [-0.1, -0.05) is 6.58 Å². The largest absolute Gasteiger partial charge is 0.240 e. The Kier molecular flexibility index (Phi) is 2.17. The Morgan fingerprint density at radius 3 is 2.90 bits per heavy atom. The molecule has 2 nitrogen and oxygen atoms in total. The van der Waals surface area contributed by atoms with Crippen LogP contribution >= 0.6 is 15.9 Å². The predicted molar refractivity (Wildman–Crippen MR) is 44.6 cm³/mol. The molecule has 0 N–H and O–H groups in total. The van der Waals surface area contributed by atoms with E-state index in [0.717, 1.165) is 16.0 Å². The quantitative estimate of drug-likeness (QED) is 0.692. The van der Waals surface area contributed by atoms with Crippen molar-refractivity contribution in [2.24, 2.45) is 0 Å². The predicted octanol–water partition coefficient (Wildman–Crippen LogP) is 2.19. The fourth-order valence-electron chi connectivity index (χ4n) is 0.616. The van der Waals surface area contributed by atoms with E-state index in [0.29, 0.717) is 0 Å². The van der Waals surface area contributed by atoms with Gasteiger partial charge in [0.15, 0.2) is 0 Å². The van der Waals surface area contributed by atoms with Crippen molar-refractivity contribution in [3.63, 3.8) is 0 Å². The summed E-state index contributed by atoms with van der Waals surface area (Å²) in [6.07, 6.45) is 3.41. The van der Waals surface area contributed by atoms with E-state index in [9.17, 15) is 0 Å². The van der Waals surface area contributed by atoms with Gasteiger partial charge in [-0.3, -0.25) is 0 Å². The number of hydrogen-bond acceptors (Lipinski definition) is 2. The van der Waals surface area contributed by atoms with Crippen molar-refractivity contribution in [1.29, 1.82) is 0 Å². The summed E-state index contributed by atoms with van der Waals surface area (Å²) in [5, 5.41) is 0. The van der Waals surface area contributed by atoms with Crippen molar-refractivity contribution in [1.82, 2.24) is 9.97 Å². The molecule has 0 aliphatic carbocycles. The summed E-state index contributed by atoms with van der Waals surface area (Å²) >= 11 is 3.29. The number of aryl methyl sites for hydroxylation is 1. The van der Waals surface area contributed by atoms with Gasteiger partial charge < -0.3 is 0 Å². The first-order valence-electron chi connectivity index (χ1n) is 2.85. The zero-order chi connectivity index (χ0) is 7.56. The van der Waals surface area contributed by atoms with Gasteiger partial charge in [0.05, 0.1) is 10.2 Å². The van der Waals surface area contributed by atoms with Crippen LogP contribution in [0.5, 0.6) is 0 Å². The molecule has 0 bridgehead atoms. The van der Waals surface area contributed by atoms with E-state index < -0.39 is 0 Å². The molecular formula is C7H7BrN2. The van der Waals surface area contributed by atoms with Crippen LogP contribution in [0.2, 0.25) is 0 Å². The molecule has 0 spiro atoms. The van der Waals surface area contributed by atoms with E-state index in [1.54, 1.807) is 12.3 Å². The lowest BCUT2D eigenvalue weighted by Crippen LogP contribution is -1.89. The van der Waals surface area contributed by atoms with Gasteiger partial charge in [-0.15, -0.1) is 0 Å². The number of hydrogen-bond donors (Lipinski definition) is 0. The lowest BCUT2D eigenvalue weighted by atomic mass is 10.4. The molecule has 1 heterocycles. The molecule has 0 saturated carbocycles. The monoisotopic (exact) mass is 198 g/mol. The number of rotatable bonds is 1. The highest BCUT2D eigenvalue weighted by Gasteiger charge is 1.96. The molecule has 52 valence electrons. The molecule has 0 fully saturated rings. The Bertz CT molecular complexity index is 258. The average molecular weight is 199 g/mol. The topological polar surface area (TPSA) is 25.8 Å². The molecule has 1 rings (SSSR count). The fraction of sp³-hybridized carbons (Fsp3) is 0.143. The highest BCUT2D eigenvalue weighted by atomic mass is 79.9. The molecule has 3 heteroatoms. The van der Waals surface area contributed by atoms with Gasteiger partial charge in [-0.05, 0) is 28.9 Å². The van der Waals surface area contributed by atoms with Gasteiger partial charge in [0.25, 0.3) is 0 Å². The molecule has 10 heavy (non-hydrogen) atoms. The van der Waals surface area contributed by atoms with Crippen LogP contribution in [-0.2, 0) is 0 Å². The second-order valence-electron chi connectivity index (χ2n) is 1.85. The summed E-state index contributed by atoms with van der Waals surface area (Å²) < 4.78 is 0.883. The van der Waals surface area contributed by atoms with Crippen LogP contribution in [0.25, 0.3) is 6.08 Å². The Morgan fingerprint density at radius 2 is 2.40 bits per heavy atom. The lowest BCUT2D eigenvalue weighted by molar-refractivity contribution is 1.03. The van der Waals surface area contributed by atoms with Crippen LogP contribution in [0, 0.1) is 6.92 Å². The summed E-state index contributed by atoms with van der Waals surface area (Å²) in [7, 11) is 0. The highest BCUT2D eigenvalue weighted by molar-refractivity contribution is 9.10. The van der Waals surface area contributed by atoms with Crippen molar-refractivity contribution in [3.8, 4) is 0 Å². The first kappa shape index (κ1) is 7.41. The second-order valence-corrected chi connectivity index (χ2v) is 2.71. The van der Waals surface area contributed by atoms with Gasteiger partial charge >= 0.3 is 0 Å². The molecule has 0 atom stereocenters. The smallest absolute Gasteiger partial charge is 0.125 e. The van der Waals surface area contributed by atoms with E-state index in [1.807, 2.05) is 6.92 Å². The molecule has 0 aliphatic rings. The first-order chi connectivity index (χ1) is 4.74. The molecule has 0 amide bonds. The Hall–Kier alpha value is -0.700. The van der Waals surface area contributed by atoms with E-state index in [-0.39, 0.29) is 0 Å². The standard InChI is InChI=1S/C7H7BrN2/c1-3-7-6(8)4-9-5(2)10-7/h3-4H,1H2,2H3. The molecule has 1 aromatic rings. The maximum absolute atomic E-state index is 4.12. The molecule has 0 aromatic carbocycles. The van der Waals surface area contributed by atoms with Gasteiger partial charge in [0.2, 0.25) is 0 Å². The average Bonchev–Trinajstić information content (AvgIpc) is 1.94. The van der Waals surface area contributed by atoms with E-state index >= 15 is 0 Å². The molecule has 0 radical (unpaired) electrons. The van der Waals surface area contributed by atoms with Crippen LogP contribution in [0.4, 0.5) is 0 Å². The van der Waals surface area contributed by atoms with Gasteiger partial charge in [-0.25, -0.2) is 9.97 Å². The SMILES string of the molecule is C=Cc1nc(C)ncc1Br. The number of aromatic nitrogens is 2. The summed E-state index contributed by atoms with van der Waals surface area (Å²) in [5.41, 5.74) is 0.840.